The number of esters is 1. The van der Waals surface area contributed by atoms with E-state index in [1.54, 1.807) is 0 Å². The molecule has 0 bridgehead atoms. The van der Waals surface area contributed by atoms with Crippen LogP contribution in [0.2, 0.25) is 0 Å². The number of ketones is 2. The molecule has 0 radical (unpaired) electrons. The van der Waals surface area contributed by atoms with Gasteiger partial charge in [-0.25, -0.2) is 0 Å². The number of carbonyl (C=O) groups is 3. The Bertz CT molecular complexity index is 1310. The molecule has 282 valence electrons. The van der Waals surface area contributed by atoms with Crippen LogP contribution in [0, 0.1) is 80.8 Å². The lowest BCUT2D eigenvalue weighted by Crippen LogP contribution is -2.54. The molecule has 6 unspecified atom stereocenters. The van der Waals surface area contributed by atoms with Gasteiger partial charge in [0.05, 0.1) is 6.10 Å². The molecular weight excluding hydrogens is 644 g/mol. The number of ether oxygens (including phenoxy) is 1. The SMILES string of the molecule is CC(=O)[C@H]1CCC2C3CC[C@H]4C[C@H](O)CC[C@]4(C)C3CC[C@@]21C.CC(=O)[C@H]1CCC2C3CC[C@H]4C[C@H](OC(=O)CCl)CC[C@]4(C)C3CC[C@@]21C. The van der Waals surface area contributed by atoms with Crippen molar-refractivity contribution >= 4 is 29.1 Å². The minimum atomic E-state index is -0.270. The van der Waals surface area contributed by atoms with E-state index in [0.717, 1.165) is 80.0 Å². The number of halogens is 1. The van der Waals surface area contributed by atoms with Crippen molar-refractivity contribution in [2.24, 2.45) is 80.8 Å². The van der Waals surface area contributed by atoms with Gasteiger partial charge in [0.15, 0.2) is 0 Å². The minimum absolute atomic E-state index is 0.0410. The number of Topliss-reactive ketones (excluding diaryl/α,β-unsaturated/α-hetero) is 2. The van der Waals surface area contributed by atoms with Crippen LogP contribution in [0.3, 0.4) is 0 Å². The van der Waals surface area contributed by atoms with Gasteiger partial charge in [0.2, 0.25) is 0 Å². The number of carbonyl (C=O) groups excluding carboxylic acids is 3. The van der Waals surface area contributed by atoms with Gasteiger partial charge in [0.25, 0.3) is 0 Å². The fourth-order valence-electron chi connectivity index (χ4n) is 16.1. The van der Waals surface area contributed by atoms with Crippen molar-refractivity contribution in [2.45, 2.75) is 169 Å². The first-order valence-corrected chi connectivity index (χ1v) is 21.6. The molecule has 8 aliphatic rings. The Hall–Kier alpha value is -0.940. The number of hydrogen-bond donors (Lipinski definition) is 1. The van der Waals surface area contributed by atoms with E-state index in [0.29, 0.717) is 40.2 Å². The van der Waals surface area contributed by atoms with Gasteiger partial charge in [-0.15, -0.1) is 11.6 Å². The molecule has 0 aromatic heterocycles. The first-order chi connectivity index (χ1) is 23.7. The van der Waals surface area contributed by atoms with Crippen molar-refractivity contribution in [1.29, 1.82) is 0 Å². The molecule has 0 saturated heterocycles. The maximum atomic E-state index is 12.3. The number of aliphatic hydroxyl groups is 1. The summed E-state index contributed by atoms with van der Waals surface area (Å²) in [5, 5.41) is 10.1. The lowest BCUT2D eigenvalue weighted by atomic mass is 9.44. The monoisotopic (exact) mass is 712 g/mol. The number of fused-ring (bicyclic) bond motifs is 10. The van der Waals surface area contributed by atoms with E-state index in [1.165, 1.54) is 77.0 Å². The molecule has 16 atom stereocenters. The maximum Gasteiger partial charge on any atom is 0.321 e. The van der Waals surface area contributed by atoms with Crippen LogP contribution in [0.15, 0.2) is 0 Å². The molecule has 0 amide bonds. The molecule has 1 N–H and O–H groups in total. The summed E-state index contributed by atoms with van der Waals surface area (Å²) < 4.78 is 5.59. The zero-order valence-corrected chi connectivity index (χ0v) is 33.1. The average molecular weight is 713 g/mol. The Kier molecular flexibility index (Phi) is 10.3. The first-order valence-electron chi connectivity index (χ1n) is 21.1. The molecule has 50 heavy (non-hydrogen) atoms. The van der Waals surface area contributed by atoms with Gasteiger partial charge in [0, 0.05) is 11.8 Å². The molecule has 0 aromatic rings. The highest BCUT2D eigenvalue weighted by Gasteiger charge is 2.62. The van der Waals surface area contributed by atoms with Crippen molar-refractivity contribution in [3.05, 3.63) is 0 Å². The average Bonchev–Trinajstić information content (AvgIpc) is 3.62. The molecular formula is C44H69ClO5. The number of aliphatic hydroxyl groups excluding tert-OH is 1. The van der Waals surface area contributed by atoms with Crippen molar-refractivity contribution in [1.82, 2.24) is 0 Å². The number of hydrogen-bond acceptors (Lipinski definition) is 5. The van der Waals surface area contributed by atoms with Gasteiger partial charge in [-0.3, -0.25) is 14.4 Å². The molecule has 0 aliphatic heterocycles. The molecule has 5 nitrogen and oxygen atoms in total. The van der Waals surface area contributed by atoms with Crippen LogP contribution in [-0.4, -0.2) is 40.7 Å². The summed E-state index contributed by atoms with van der Waals surface area (Å²) in [4.78, 5) is 36.0. The molecule has 8 saturated carbocycles. The molecule has 0 aromatic carbocycles. The van der Waals surface area contributed by atoms with E-state index in [-0.39, 0.29) is 34.9 Å². The van der Waals surface area contributed by atoms with Crippen LogP contribution in [-0.2, 0) is 19.1 Å². The van der Waals surface area contributed by atoms with E-state index < -0.39 is 0 Å². The van der Waals surface area contributed by atoms with Crippen molar-refractivity contribution < 1.29 is 24.2 Å². The van der Waals surface area contributed by atoms with Crippen molar-refractivity contribution in [2.75, 3.05) is 5.88 Å². The lowest BCUT2D eigenvalue weighted by molar-refractivity contribution is -0.160. The molecule has 0 spiro atoms. The summed E-state index contributed by atoms with van der Waals surface area (Å²) in [6, 6.07) is 0. The molecule has 0 heterocycles. The van der Waals surface area contributed by atoms with Gasteiger partial charge >= 0.3 is 5.97 Å². The summed E-state index contributed by atoms with van der Waals surface area (Å²) in [6.45, 7) is 13.6. The Morgan fingerprint density at radius 2 is 1.02 bits per heavy atom. The smallest absolute Gasteiger partial charge is 0.321 e. The molecule has 6 heteroatoms. The van der Waals surface area contributed by atoms with Crippen LogP contribution in [0.25, 0.3) is 0 Å². The van der Waals surface area contributed by atoms with Crippen LogP contribution in [0.1, 0.15) is 157 Å². The van der Waals surface area contributed by atoms with Gasteiger partial charge < -0.3 is 9.84 Å². The third-order valence-corrected chi connectivity index (χ3v) is 18.9. The third kappa shape index (κ3) is 5.99. The summed E-state index contributed by atoms with van der Waals surface area (Å²) >= 11 is 5.63. The van der Waals surface area contributed by atoms with Gasteiger partial charge in [-0.2, -0.15) is 0 Å². The summed E-state index contributed by atoms with van der Waals surface area (Å²) in [7, 11) is 0. The largest absolute Gasteiger partial charge is 0.461 e. The van der Waals surface area contributed by atoms with Gasteiger partial charge in [0.1, 0.15) is 23.6 Å². The first kappa shape index (κ1) is 37.4. The zero-order valence-electron chi connectivity index (χ0n) is 32.3. The number of rotatable bonds is 4. The van der Waals surface area contributed by atoms with Crippen molar-refractivity contribution in [3.63, 3.8) is 0 Å². The summed E-state index contributed by atoms with van der Waals surface area (Å²) in [6.07, 6.45) is 21.5. The molecule has 8 rings (SSSR count). The van der Waals surface area contributed by atoms with E-state index in [9.17, 15) is 19.5 Å². The Morgan fingerprint density at radius 1 is 0.580 bits per heavy atom. The van der Waals surface area contributed by atoms with Crippen molar-refractivity contribution in [3.8, 4) is 0 Å². The quantitative estimate of drug-likeness (QED) is 0.232. The number of alkyl halides is 1. The Morgan fingerprint density at radius 3 is 1.50 bits per heavy atom. The second-order valence-corrected chi connectivity index (χ2v) is 20.6. The minimum Gasteiger partial charge on any atom is -0.461 e. The Balaban J connectivity index is 0.000000159. The molecule has 8 aliphatic carbocycles. The summed E-state index contributed by atoms with van der Waals surface area (Å²) in [5.74, 6) is 7.33. The van der Waals surface area contributed by atoms with Crippen LogP contribution in [0.4, 0.5) is 0 Å². The topological polar surface area (TPSA) is 80.7 Å². The normalized spacial score (nSPS) is 52.0. The van der Waals surface area contributed by atoms with Crippen LogP contribution in [0.5, 0.6) is 0 Å². The summed E-state index contributed by atoms with van der Waals surface area (Å²) in [5.41, 5.74) is 1.36. The second kappa shape index (κ2) is 13.7. The third-order valence-electron chi connectivity index (χ3n) is 18.6. The van der Waals surface area contributed by atoms with Gasteiger partial charge in [-0.05, 0) is 198 Å². The van der Waals surface area contributed by atoms with Gasteiger partial charge in [-0.1, -0.05) is 27.7 Å². The fraction of sp³-hybridized carbons (Fsp3) is 0.932. The van der Waals surface area contributed by atoms with E-state index in [1.807, 2.05) is 13.8 Å². The fourth-order valence-corrected chi connectivity index (χ4v) is 16.2. The van der Waals surface area contributed by atoms with E-state index >= 15 is 0 Å². The maximum absolute atomic E-state index is 12.3. The van der Waals surface area contributed by atoms with Crippen LogP contribution < -0.4 is 0 Å². The highest BCUT2D eigenvalue weighted by Crippen LogP contribution is 2.69. The lowest BCUT2D eigenvalue weighted by Gasteiger charge is -2.61. The highest BCUT2D eigenvalue weighted by atomic mass is 35.5. The predicted molar refractivity (Wildman–Crippen MR) is 198 cm³/mol. The zero-order chi connectivity index (χ0) is 35.8. The van der Waals surface area contributed by atoms with E-state index in [4.69, 9.17) is 16.3 Å². The standard InChI is InChI=1S/C23H35ClO3.C21H34O2/c1-14(25)18-6-7-19-17-5-4-15-12-16(27-21(26)13-24)8-10-22(15,2)20(17)9-11-23(18,19)3;1-13(22)17-6-7-18-16-5-4-14-12-15(23)8-10-20(14,2)19(16)9-11-21(17,18)3/h15-20H,4-13H2,1-3H3;14-19,23H,4-12H2,1-3H3/t15-,16+,17?,18+,19?,20?,22-,23+;14-,15+,16?,17+,18?,19?,20-,21+/m00/s1. The second-order valence-electron chi connectivity index (χ2n) is 20.3. The predicted octanol–water partition coefficient (Wildman–Crippen LogP) is 9.98. The van der Waals surface area contributed by atoms with Crippen LogP contribution >= 0.6 is 11.6 Å². The highest BCUT2D eigenvalue weighted by molar-refractivity contribution is 6.26. The molecule has 8 fully saturated rings. The Labute approximate surface area is 308 Å². The van der Waals surface area contributed by atoms with E-state index in [2.05, 4.69) is 27.7 Å².